The Balaban J connectivity index is 2.43. The number of ether oxygens (including phenoxy) is 1. The maximum Gasteiger partial charge on any atom is 0.338 e. The Bertz CT molecular complexity index is 397. The van der Waals surface area contributed by atoms with Crippen LogP contribution in [0, 0.1) is 5.92 Å². The number of ketones is 1. The van der Waals surface area contributed by atoms with E-state index in [1.807, 2.05) is 0 Å². The van der Waals surface area contributed by atoms with Crippen LogP contribution in [0.5, 0.6) is 0 Å². The molecule has 0 unspecified atom stereocenters. The molecule has 4 nitrogen and oxygen atoms in total. The van der Waals surface area contributed by atoms with Crippen molar-refractivity contribution in [3.05, 3.63) is 11.6 Å². The van der Waals surface area contributed by atoms with Crippen molar-refractivity contribution < 1.29 is 14.3 Å². The number of hydrogen-bond donors (Lipinski definition) is 0. The predicted octanol–water partition coefficient (Wildman–Crippen LogP) is 1.30. The van der Waals surface area contributed by atoms with Gasteiger partial charge in [0.05, 0.1) is 7.11 Å². The highest BCUT2D eigenvalue weighted by molar-refractivity contribution is 5.97. The highest BCUT2D eigenvalue weighted by Gasteiger charge is 2.49. The average Bonchev–Trinajstić information content (AvgIpc) is 2.71. The van der Waals surface area contributed by atoms with Gasteiger partial charge >= 0.3 is 5.97 Å². The quantitative estimate of drug-likeness (QED) is 0.660. The summed E-state index contributed by atoms with van der Waals surface area (Å²) >= 11 is 0. The van der Waals surface area contributed by atoms with Crippen molar-refractivity contribution >= 4 is 18.0 Å². The van der Waals surface area contributed by atoms with E-state index in [0.29, 0.717) is 5.57 Å². The molecular weight excluding hydrogens is 206 g/mol. The zero-order valence-electron chi connectivity index (χ0n) is 9.53. The zero-order valence-corrected chi connectivity index (χ0v) is 9.53. The predicted molar refractivity (Wildman–Crippen MR) is 59.3 cm³/mol. The lowest BCUT2D eigenvalue weighted by molar-refractivity contribution is -0.146. The number of aliphatic imine (C=N–C) groups is 1. The average molecular weight is 221 g/mol. The Morgan fingerprint density at radius 2 is 2.31 bits per heavy atom. The molecule has 0 saturated carbocycles. The number of Topliss-reactive ketones (excluding diaryl/α,β-unsaturated/α-hetero) is 1. The molecule has 0 saturated heterocycles. The molecule has 2 atom stereocenters. The maximum absolute atomic E-state index is 11.8. The normalized spacial score (nSPS) is 31.9. The molecule has 0 aromatic rings. The summed E-state index contributed by atoms with van der Waals surface area (Å²) in [5.74, 6) is -0.184. The van der Waals surface area contributed by atoms with Gasteiger partial charge in [-0.05, 0) is 37.8 Å². The van der Waals surface area contributed by atoms with E-state index < -0.39 is 5.54 Å². The van der Waals surface area contributed by atoms with Crippen LogP contribution in [0.3, 0.4) is 0 Å². The van der Waals surface area contributed by atoms with Crippen molar-refractivity contribution in [2.75, 3.05) is 7.11 Å². The number of carbonyl (C=O) groups is 2. The van der Waals surface area contributed by atoms with Crippen LogP contribution in [0.1, 0.15) is 26.2 Å². The first kappa shape index (κ1) is 11.0. The van der Waals surface area contributed by atoms with Crippen molar-refractivity contribution in [2.45, 2.75) is 31.7 Å². The van der Waals surface area contributed by atoms with E-state index in [-0.39, 0.29) is 17.7 Å². The van der Waals surface area contributed by atoms with E-state index in [4.69, 9.17) is 4.74 Å². The van der Waals surface area contributed by atoms with Crippen LogP contribution in [-0.2, 0) is 14.3 Å². The number of esters is 1. The minimum atomic E-state index is -0.923. The van der Waals surface area contributed by atoms with Crippen LogP contribution in [-0.4, -0.2) is 30.6 Å². The number of fused-ring (bicyclic) bond motifs is 1. The molecule has 1 aliphatic heterocycles. The fourth-order valence-corrected chi connectivity index (χ4v) is 2.50. The van der Waals surface area contributed by atoms with Crippen LogP contribution in [0.25, 0.3) is 0 Å². The summed E-state index contributed by atoms with van der Waals surface area (Å²) in [6, 6.07) is 0. The molecule has 2 aliphatic rings. The molecule has 16 heavy (non-hydrogen) atoms. The Hall–Kier alpha value is -1.45. The molecule has 1 heterocycles. The van der Waals surface area contributed by atoms with E-state index in [1.54, 1.807) is 12.3 Å². The Morgan fingerprint density at radius 3 is 2.94 bits per heavy atom. The second-order valence-electron chi connectivity index (χ2n) is 4.33. The fraction of sp³-hybridized carbons (Fsp3) is 0.583. The Labute approximate surface area is 94.4 Å². The summed E-state index contributed by atoms with van der Waals surface area (Å²) in [6.07, 6.45) is 5.82. The molecule has 0 amide bonds. The van der Waals surface area contributed by atoms with Gasteiger partial charge in [-0.2, -0.15) is 0 Å². The first-order valence-electron chi connectivity index (χ1n) is 5.45. The topological polar surface area (TPSA) is 55.7 Å². The van der Waals surface area contributed by atoms with Crippen molar-refractivity contribution in [3.63, 3.8) is 0 Å². The summed E-state index contributed by atoms with van der Waals surface area (Å²) in [4.78, 5) is 27.5. The van der Waals surface area contributed by atoms with Crippen molar-refractivity contribution in [1.82, 2.24) is 0 Å². The number of hydrogen-bond acceptors (Lipinski definition) is 4. The molecule has 0 bridgehead atoms. The number of allylic oxidation sites excluding steroid dienone is 1. The van der Waals surface area contributed by atoms with Crippen molar-refractivity contribution in [2.24, 2.45) is 10.9 Å². The number of methoxy groups -OCH3 is 1. The van der Waals surface area contributed by atoms with Gasteiger partial charge in [0.15, 0.2) is 11.3 Å². The van der Waals surface area contributed by atoms with Gasteiger partial charge in [-0.1, -0.05) is 0 Å². The van der Waals surface area contributed by atoms with Gasteiger partial charge in [0.25, 0.3) is 0 Å². The molecule has 2 rings (SSSR count). The van der Waals surface area contributed by atoms with Gasteiger partial charge in [-0.25, -0.2) is 4.79 Å². The summed E-state index contributed by atoms with van der Waals surface area (Å²) in [5, 5.41) is 0. The molecular formula is C12H15NO3. The Kier molecular flexibility index (Phi) is 2.66. The van der Waals surface area contributed by atoms with Gasteiger partial charge in [0.2, 0.25) is 0 Å². The third-order valence-corrected chi connectivity index (χ3v) is 3.44. The molecule has 0 fully saturated rings. The summed E-state index contributed by atoms with van der Waals surface area (Å²) < 4.78 is 4.81. The molecule has 1 aliphatic carbocycles. The van der Waals surface area contributed by atoms with Crippen LogP contribution in [0.2, 0.25) is 0 Å². The molecule has 0 aromatic carbocycles. The standard InChI is InChI=1S/C12H15NO3/c1-8(14)9-3-4-10-5-6-13-12(10,7-9)11(15)16-2/h6-7,10H,3-5H2,1-2H3/t10-,12-/m0/s1. The van der Waals surface area contributed by atoms with Gasteiger partial charge in [-0.15, -0.1) is 0 Å². The second kappa shape index (κ2) is 3.85. The molecule has 0 radical (unpaired) electrons. The number of nitrogens with zero attached hydrogens (tertiary/aromatic N) is 1. The summed E-state index contributed by atoms with van der Waals surface area (Å²) in [6.45, 7) is 1.52. The largest absolute Gasteiger partial charge is 0.467 e. The molecule has 86 valence electrons. The van der Waals surface area contributed by atoms with Gasteiger partial charge in [0, 0.05) is 12.1 Å². The third kappa shape index (κ3) is 1.49. The monoisotopic (exact) mass is 221 g/mol. The lowest BCUT2D eigenvalue weighted by Gasteiger charge is -2.32. The molecule has 4 heteroatoms. The van der Waals surface area contributed by atoms with Crippen LogP contribution in [0.15, 0.2) is 16.6 Å². The molecule has 0 aromatic heterocycles. The van der Waals surface area contributed by atoms with Crippen molar-refractivity contribution in [1.29, 1.82) is 0 Å². The number of carbonyl (C=O) groups excluding carboxylic acids is 2. The highest BCUT2D eigenvalue weighted by Crippen LogP contribution is 2.41. The third-order valence-electron chi connectivity index (χ3n) is 3.44. The van der Waals surface area contributed by atoms with E-state index >= 15 is 0 Å². The zero-order chi connectivity index (χ0) is 11.8. The van der Waals surface area contributed by atoms with E-state index in [2.05, 4.69) is 4.99 Å². The minimum absolute atomic E-state index is 0.0174. The maximum atomic E-state index is 11.8. The Morgan fingerprint density at radius 1 is 1.56 bits per heavy atom. The minimum Gasteiger partial charge on any atom is -0.467 e. The van der Waals surface area contributed by atoms with Gasteiger partial charge in [-0.3, -0.25) is 9.79 Å². The lowest BCUT2D eigenvalue weighted by Crippen LogP contribution is -2.43. The highest BCUT2D eigenvalue weighted by atomic mass is 16.5. The summed E-state index contributed by atoms with van der Waals surface area (Å²) in [7, 11) is 1.36. The smallest absolute Gasteiger partial charge is 0.338 e. The van der Waals surface area contributed by atoms with Crippen LogP contribution in [0.4, 0.5) is 0 Å². The number of rotatable bonds is 2. The first-order chi connectivity index (χ1) is 7.60. The summed E-state index contributed by atoms with van der Waals surface area (Å²) in [5.41, 5.74) is -0.228. The molecule has 0 N–H and O–H groups in total. The van der Waals surface area contributed by atoms with E-state index in [0.717, 1.165) is 19.3 Å². The lowest BCUT2D eigenvalue weighted by atomic mass is 9.74. The van der Waals surface area contributed by atoms with E-state index in [9.17, 15) is 9.59 Å². The fourth-order valence-electron chi connectivity index (χ4n) is 2.50. The van der Waals surface area contributed by atoms with Gasteiger partial charge < -0.3 is 4.74 Å². The second-order valence-corrected chi connectivity index (χ2v) is 4.33. The van der Waals surface area contributed by atoms with E-state index in [1.165, 1.54) is 14.0 Å². The van der Waals surface area contributed by atoms with Crippen molar-refractivity contribution in [3.8, 4) is 0 Å². The SMILES string of the molecule is COC(=O)[C@]12C=C(C(C)=O)CC[C@H]1CC=N2. The van der Waals surface area contributed by atoms with Crippen LogP contribution >= 0.6 is 0 Å². The van der Waals surface area contributed by atoms with Crippen LogP contribution < -0.4 is 0 Å². The molecule has 0 spiro atoms. The van der Waals surface area contributed by atoms with Gasteiger partial charge in [0.1, 0.15) is 0 Å². The first-order valence-corrected chi connectivity index (χ1v) is 5.45.